The summed E-state index contributed by atoms with van der Waals surface area (Å²) in [5.41, 5.74) is 0.758. The molecule has 0 amide bonds. The second kappa shape index (κ2) is 8.04. The number of nitriles is 1. The predicted octanol–water partition coefficient (Wildman–Crippen LogP) is 5.00. The number of esters is 1. The first-order chi connectivity index (χ1) is 13.8. The van der Waals surface area contributed by atoms with Crippen molar-refractivity contribution in [3.8, 4) is 6.07 Å². The van der Waals surface area contributed by atoms with Crippen LogP contribution in [-0.4, -0.2) is 42.5 Å². The van der Waals surface area contributed by atoms with Crippen molar-refractivity contribution in [3.05, 3.63) is 0 Å². The molecule has 0 aliphatic heterocycles. The van der Waals surface area contributed by atoms with Gasteiger partial charge in [0.2, 0.25) is 0 Å². The highest BCUT2D eigenvalue weighted by molar-refractivity contribution is 6.26. The summed E-state index contributed by atoms with van der Waals surface area (Å²) in [6, 6.07) is 2.92. The first-order valence-electron chi connectivity index (χ1n) is 11.7. The third-order valence-corrected chi connectivity index (χ3v) is 10.0. The molecule has 4 rings (SSSR count). The maximum absolute atomic E-state index is 11.7. The standard InChI is InChI=1S/C24H37ClN2O2/c1-23-10-8-17(29-22(28)15-25)14-16(23)4-5-18-19-6-7-21(27(3)13-12-26)24(19,2)11-9-20(18)23/h16-21H,4-11,13-15H2,1-3H3/t16-,17-,18+,19+,20-,21-,23-,24-/m0/s1. The van der Waals surface area contributed by atoms with Gasteiger partial charge in [0.05, 0.1) is 12.6 Å². The monoisotopic (exact) mass is 420 g/mol. The van der Waals surface area contributed by atoms with Crippen LogP contribution in [0.1, 0.15) is 71.6 Å². The zero-order valence-electron chi connectivity index (χ0n) is 18.3. The summed E-state index contributed by atoms with van der Waals surface area (Å²) in [7, 11) is 2.15. The molecule has 0 aromatic rings. The molecule has 0 heterocycles. The lowest BCUT2D eigenvalue weighted by molar-refractivity contribution is -0.159. The SMILES string of the molecule is CN(CC#N)[C@H]1CC[C@@H]2[C@H]3CC[C@H]4C[C@@H](OC(=O)CCl)CC[C@]4(C)[C@H]3CC[C@@]21C. The molecule has 0 aromatic carbocycles. The van der Waals surface area contributed by atoms with Gasteiger partial charge in [0.15, 0.2) is 0 Å². The number of hydrogen-bond acceptors (Lipinski definition) is 4. The van der Waals surface area contributed by atoms with E-state index in [1.807, 2.05) is 0 Å². The maximum atomic E-state index is 11.7. The summed E-state index contributed by atoms with van der Waals surface area (Å²) >= 11 is 5.65. The zero-order chi connectivity index (χ0) is 20.8. The number of rotatable bonds is 4. The molecule has 4 fully saturated rings. The highest BCUT2D eigenvalue weighted by Gasteiger charge is 2.60. The van der Waals surface area contributed by atoms with Gasteiger partial charge in [0.1, 0.15) is 12.0 Å². The minimum atomic E-state index is -0.263. The van der Waals surface area contributed by atoms with E-state index in [9.17, 15) is 10.1 Å². The number of carbonyl (C=O) groups is 1. The molecule has 162 valence electrons. The van der Waals surface area contributed by atoms with Crippen LogP contribution in [0.5, 0.6) is 0 Å². The molecule has 29 heavy (non-hydrogen) atoms. The smallest absolute Gasteiger partial charge is 0.321 e. The van der Waals surface area contributed by atoms with Crippen molar-refractivity contribution in [1.29, 1.82) is 5.26 Å². The van der Waals surface area contributed by atoms with Crippen LogP contribution >= 0.6 is 11.6 Å². The average molecular weight is 421 g/mol. The molecular weight excluding hydrogens is 384 g/mol. The van der Waals surface area contributed by atoms with Crippen molar-refractivity contribution >= 4 is 17.6 Å². The van der Waals surface area contributed by atoms with Gasteiger partial charge in [0.25, 0.3) is 0 Å². The quantitative estimate of drug-likeness (QED) is 0.364. The fourth-order valence-corrected chi connectivity index (χ4v) is 8.52. The summed E-state index contributed by atoms with van der Waals surface area (Å²) < 4.78 is 5.62. The Labute approximate surface area is 181 Å². The van der Waals surface area contributed by atoms with Gasteiger partial charge in [0, 0.05) is 6.04 Å². The van der Waals surface area contributed by atoms with Crippen molar-refractivity contribution in [2.75, 3.05) is 19.5 Å². The number of carbonyl (C=O) groups excluding carboxylic acids is 1. The Balaban J connectivity index is 1.49. The lowest BCUT2D eigenvalue weighted by atomic mass is 9.45. The molecule has 0 saturated heterocycles. The van der Waals surface area contributed by atoms with Gasteiger partial charge in [-0.25, -0.2) is 0 Å². The van der Waals surface area contributed by atoms with Gasteiger partial charge in [-0.1, -0.05) is 13.8 Å². The number of fused-ring (bicyclic) bond motifs is 5. The van der Waals surface area contributed by atoms with Crippen LogP contribution in [0.15, 0.2) is 0 Å². The van der Waals surface area contributed by atoms with Gasteiger partial charge >= 0.3 is 5.97 Å². The number of alkyl halides is 1. The normalized spacial score (nSPS) is 46.3. The Kier molecular flexibility index (Phi) is 5.95. The number of ether oxygens (including phenoxy) is 1. The van der Waals surface area contributed by atoms with Crippen molar-refractivity contribution in [2.24, 2.45) is 34.5 Å². The largest absolute Gasteiger partial charge is 0.461 e. The highest BCUT2D eigenvalue weighted by Crippen LogP contribution is 2.66. The second-order valence-corrected chi connectivity index (χ2v) is 11.2. The molecule has 0 N–H and O–H groups in total. The summed E-state index contributed by atoms with van der Waals surface area (Å²) in [6.45, 7) is 5.62. The predicted molar refractivity (Wildman–Crippen MR) is 114 cm³/mol. The Morgan fingerprint density at radius 3 is 2.55 bits per heavy atom. The fourth-order valence-electron chi connectivity index (χ4n) is 8.46. The molecule has 0 bridgehead atoms. The van der Waals surface area contributed by atoms with Crippen LogP contribution in [0.2, 0.25) is 0 Å². The third kappa shape index (κ3) is 3.51. The van der Waals surface area contributed by atoms with E-state index in [4.69, 9.17) is 16.3 Å². The zero-order valence-corrected chi connectivity index (χ0v) is 19.1. The Hall–Kier alpha value is -0.790. The fraction of sp³-hybridized carbons (Fsp3) is 0.917. The molecule has 0 radical (unpaired) electrons. The topological polar surface area (TPSA) is 53.3 Å². The first kappa shape index (κ1) is 21.4. The lowest BCUT2D eigenvalue weighted by Gasteiger charge is -2.61. The summed E-state index contributed by atoms with van der Waals surface area (Å²) in [5, 5.41) is 9.19. The number of hydrogen-bond donors (Lipinski definition) is 0. The lowest BCUT2D eigenvalue weighted by Crippen LogP contribution is -2.56. The van der Waals surface area contributed by atoms with Crippen LogP contribution in [0.3, 0.4) is 0 Å². The van der Waals surface area contributed by atoms with Gasteiger partial charge in [-0.3, -0.25) is 9.69 Å². The minimum absolute atomic E-state index is 0.0369. The van der Waals surface area contributed by atoms with Crippen molar-refractivity contribution in [3.63, 3.8) is 0 Å². The van der Waals surface area contributed by atoms with Gasteiger partial charge in [-0.05, 0) is 99.3 Å². The molecule has 0 aromatic heterocycles. The first-order valence-corrected chi connectivity index (χ1v) is 12.2. The van der Waals surface area contributed by atoms with Crippen LogP contribution in [0, 0.1) is 45.8 Å². The van der Waals surface area contributed by atoms with Crippen molar-refractivity contribution in [1.82, 2.24) is 4.90 Å². The van der Waals surface area contributed by atoms with E-state index in [-0.39, 0.29) is 18.0 Å². The molecule has 5 heteroatoms. The Morgan fingerprint density at radius 2 is 1.83 bits per heavy atom. The highest BCUT2D eigenvalue weighted by atomic mass is 35.5. The molecule has 8 atom stereocenters. The van der Waals surface area contributed by atoms with E-state index in [1.54, 1.807) is 0 Å². The van der Waals surface area contributed by atoms with E-state index in [1.165, 1.54) is 44.9 Å². The summed E-state index contributed by atoms with van der Waals surface area (Å²) in [4.78, 5) is 14.0. The molecule has 0 spiro atoms. The van der Waals surface area contributed by atoms with E-state index in [0.717, 1.165) is 30.6 Å². The van der Waals surface area contributed by atoms with E-state index in [2.05, 4.69) is 31.9 Å². The molecule has 4 aliphatic carbocycles. The van der Waals surface area contributed by atoms with Crippen LogP contribution in [0.25, 0.3) is 0 Å². The van der Waals surface area contributed by atoms with Crippen molar-refractivity contribution in [2.45, 2.75) is 83.8 Å². The minimum Gasteiger partial charge on any atom is -0.461 e. The Bertz CT molecular complexity index is 678. The third-order valence-electron chi connectivity index (χ3n) is 9.83. The van der Waals surface area contributed by atoms with Gasteiger partial charge in [-0.2, -0.15) is 5.26 Å². The molecule has 0 unspecified atom stereocenters. The van der Waals surface area contributed by atoms with E-state index < -0.39 is 0 Å². The molecule has 4 nitrogen and oxygen atoms in total. The van der Waals surface area contributed by atoms with Crippen molar-refractivity contribution < 1.29 is 9.53 Å². The number of nitrogens with zero attached hydrogens (tertiary/aromatic N) is 2. The molecule has 4 aliphatic rings. The van der Waals surface area contributed by atoms with E-state index >= 15 is 0 Å². The van der Waals surface area contributed by atoms with Crippen LogP contribution < -0.4 is 0 Å². The van der Waals surface area contributed by atoms with Gasteiger partial charge in [-0.15, -0.1) is 11.6 Å². The molecular formula is C24H37ClN2O2. The van der Waals surface area contributed by atoms with Crippen LogP contribution in [0.4, 0.5) is 0 Å². The van der Waals surface area contributed by atoms with Gasteiger partial charge < -0.3 is 4.74 Å². The second-order valence-electron chi connectivity index (χ2n) is 10.9. The summed E-state index contributed by atoms with van der Waals surface area (Å²) in [6.07, 6.45) is 11.1. The van der Waals surface area contributed by atoms with Crippen LogP contribution in [-0.2, 0) is 9.53 Å². The molecule has 4 saturated carbocycles. The maximum Gasteiger partial charge on any atom is 0.321 e. The number of halogens is 1. The average Bonchev–Trinajstić information content (AvgIpc) is 3.05. The van der Waals surface area contributed by atoms with E-state index in [0.29, 0.717) is 29.3 Å². The Morgan fingerprint density at radius 1 is 1.10 bits per heavy atom. The summed E-state index contributed by atoms with van der Waals surface area (Å²) in [5.74, 6) is 2.82.